The number of nitrogens with zero attached hydrogens (tertiary/aromatic N) is 6. The van der Waals surface area contributed by atoms with Gasteiger partial charge in [-0.2, -0.15) is 0 Å². The van der Waals surface area contributed by atoms with E-state index in [-0.39, 0.29) is 17.2 Å². The molecule has 28 heavy (non-hydrogen) atoms. The molecule has 3 rings (SSSR count). The summed E-state index contributed by atoms with van der Waals surface area (Å²) in [5, 5.41) is 10.9. The molecule has 1 N–H and O–H groups in total. The highest BCUT2D eigenvalue weighted by atomic mass is 32.1. The highest BCUT2D eigenvalue weighted by Crippen LogP contribution is 2.26. The summed E-state index contributed by atoms with van der Waals surface area (Å²) in [7, 11) is 0. The lowest BCUT2D eigenvalue weighted by atomic mass is 9.91. The second kappa shape index (κ2) is 8.48. The first-order valence-electron chi connectivity index (χ1n) is 9.65. The molecule has 0 atom stereocenters. The van der Waals surface area contributed by atoms with Crippen LogP contribution >= 0.6 is 11.3 Å². The van der Waals surface area contributed by atoms with Gasteiger partial charge in [0.15, 0.2) is 0 Å². The van der Waals surface area contributed by atoms with Gasteiger partial charge in [0.1, 0.15) is 17.2 Å². The number of carbonyl (C=O) groups excluding carboxylic acids is 1. The molecule has 0 aromatic carbocycles. The first-order valence-corrected chi connectivity index (χ1v) is 10.5. The van der Waals surface area contributed by atoms with Crippen molar-refractivity contribution in [2.45, 2.75) is 46.0 Å². The van der Waals surface area contributed by atoms with Crippen LogP contribution in [0.25, 0.3) is 0 Å². The fourth-order valence-corrected chi connectivity index (χ4v) is 3.44. The maximum Gasteiger partial charge on any atom is 0.240 e. The van der Waals surface area contributed by atoms with Crippen molar-refractivity contribution in [1.29, 1.82) is 0 Å². The molecular weight excluding hydrogens is 374 g/mol. The van der Waals surface area contributed by atoms with Gasteiger partial charge in [0.05, 0.1) is 12.2 Å². The third kappa shape index (κ3) is 5.23. The van der Waals surface area contributed by atoms with Crippen molar-refractivity contribution in [3.8, 4) is 0 Å². The minimum atomic E-state index is -0.0515. The van der Waals surface area contributed by atoms with E-state index in [2.05, 4.69) is 66.0 Å². The monoisotopic (exact) mass is 403 g/mol. The van der Waals surface area contributed by atoms with Gasteiger partial charge in [0.2, 0.25) is 11.0 Å². The van der Waals surface area contributed by atoms with E-state index in [0.717, 1.165) is 43.5 Å². The fraction of sp³-hybridized carbons (Fsp3) is 0.632. The van der Waals surface area contributed by atoms with Gasteiger partial charge in [-0.15, -0.1) is 10.2 Å². The van der Waals surface area contributed by atoms with Crippen LogP contribution in [0.2, 0.25) is 0 Å². The van der Waals surface area contributed by atoms with Gasteiger partial charge < -0.3 is 4.90 Å². The van der Waals surface area contributed by atoms with Gasteiger partial charge in [-0.25, -0.2) is 9.97 Å². The summed E-state index contributed by atoms with van der Waals surface area (Å²) >= 11 is 1.32. The predicted molar refractivity (Wildman–Crippen MR) is 112 cm³/mol. The van der Waals surface area contributed by atoms with Crippen LogP contribution in [-0.2, 0) is 10.2 Å². The number of anilines is 2. The predicted octanol–water partition coefficient (Wildman–Crippen LogP) is 2.51. The molecule has 8 nitrogen and oxygen atoms in total. The molecule has 0 saturated carbocycles. The summed E-state index contributed by atoms with van der Waals surface area (Å²) in [4.78, 5) is 26.2. The normalized spacial score (nSPS) is 15.9. The van der Waals surface area contributed by atoms with E-state index in [9.17, 15) is 4.79 Å². The molecule has 1 amide bonds. The van der Waals surface area contributed by atoms with E-state index in [0.29, 0.717) is 11.7 Å². The molecule has 3 heterocycles. The van der Waals surface area contributed by atoms with Gasteiger partial charge in [-0.3, -0.25) is 15.0 Å². The highest BCUT2D eigenvalue weighted by Gasteiger charge is 2.24. The Morgan fingerprint density at radius 1 is 1.21 bits per heavy atom. The van der Waals surface area contributed by atoms with Crippen molar-refractivity contribution in [2.24, 2.45) is 0 Å². The number of amides is 1. The van der Waals surface area contributed by atoms with E-state index < -0.39 is 0 Å². The van der Waals surface area contributed by atoms with Crippen molar-refractivity contribution < 1.29 is 4.79 Å². The van der Waals surface area contributed by atoms with E-state index >= 15 is 0 Å². The van der Waals surface area contributed by atoms with Gasteiger partial charge in [0.25, 0.3) is 0 Å². The maximum absolute atomic E-state index is 12.2. The summed E-state index contributed by atoms with van der Waals surface area (Å²) in [5.74, 6) is 2.11. The van der Waals surface area contributed by atoms with E-state index in [1.807, 2.05) is 0 Å². The van der Waals surface area contributed by atoms with Crippen LogP contribution in [0.15, 0.2) is 11.6 Å². The zero-order valence-corrected chi connectivity index (χ0v) is 18.1. The molecule has 1 saturated heterocycles. The molecule has 0 radical (unpaired) electrons. The Balaban J connectivity index is 1.62. The Kier molecular flexibility index (Phi) is 6.24. The number of piperazine rings is 1. The Labute approximate surface area is 170 Å². The van der Waals surface area contributed by atoms with Crippen LogP contribution in [0, 0.1) is 0 Å². The number of aromatic nitrogens is 4. The van der Waals surface area contributed by atoms with Crippen LogP contribution in [0.4, 0.5) is 10.9 Å². The maximum atomic E-state index is 12.2. The molecule has 9 heteroatoms. The third-order valence-corrected chi connectivity index (χ3v) is 5.29. The quantitative estimate of drug-likeness (QED) is 0.821. The topological polar surface area (TPSA) is 87.1 Å². The SMILES string of the molecule is CC(C)c1nc(N2CCN(CC(=O)Nc3nncs3)CC2)cc(C(C)(C)C)n1. The average Bonchev–Trinajstić information content (AvgIpc) is 3.14. The minimum Gasteiger partial charge on any atom is -0.354 e. The first kappa shape index (κ1) is 20.6. The fourth-order valence-electron chi connectivity index (χ4n) is 2.98. The highest BCUT2D eigenvalue weighted by molar-refractivity contribution is 7.13. The zero-order valence-electron chi connectivity index (χ0n) is 17.3. The second-order valence-electron chi connectivity index (χ2n) is 8.43. The van der Waals surface area contributed by atoms with Gasteiger partial charge in [-0.1, -0.05) is 46.0 Å². The van der Waals surface area contributed by atoms with Crippen LogP contribution in [0.3, 0.4) is 0 Å². The Hall–Kier alpha value is -2.13. The Morgan fingerprint density at radius 3 is 2.50 bits per heavy atom. The Bertz CT molecular complexity index is 793. The van der Waals surface area contributed by atoms with E-state index in [4.69, 9.17) is 9.97 Å². The summed E-state index contributed by atoms with van der Waals surface area (Å²) in [6.45, 7) is 14.5. The number of nitrogens with one attached hydrogen (secondary N) is 1. The molecule has 1 fully saturated rings. The van der Waals surface area contributed by atoms with Crippen LogP contribution in [-0.4, -0.2) is 63.7 Å². The molecule has 2 aromatic rings. The average molecular weight is 404 g/mol. The third-order valence-electron chi connectivity index (χ3n) is 4.68. The molecule has 2 aromatic heterocycles. The second-order valence-corrected chi connectivity index (χ2v) is 9.26. The molecule has 0 bridgehead atoms. The minimum absolute atomic E-state index is 0.0219. The van der Waals surface area contributed by atoms with E-state index in [1.54, 1.807) is 5.51 Å². The lowest BCUT2D eigenvalue weighted by Gasteiger charge is -2.35. The summed E-state index contributed by atoms with van der Waals surface area (Å²) in [6, 6.07) is 2.11. The standard InChI is InChI=1S/C19H29N7OS/c1-13(2)17-21-14(19(3,4)5)10-15(22-17)26-8-6-25(7-9-26)11-16(27)23-18-24-20-12-28-18/h10,12-13H,6-9,11H2,1-5H3,(H,23,24,27). The molecular formula is C19H29N7OS. The molecule has 0 aliphatic carbocycles. The van der Waals surface area contributed by atoms with Gasteiger partial charge in [0, 0.05) is 43.6 Å². The molecule has 0 unspecified atom stereocenters. The lowest BCUT2D eigenvalue weighted by Crippen LogP contribution is -2.49. The van der Waals surface area contributed by atoms with Crippen LogP contribution < -0.4 is 10.2 Å². The van der Waals surface area contributed by atoms with Crippen molar-refractivity contribution in [1.82, 2.24) is 25.1 Å². The van der Waals surface area contributed by atoms with Crippen LogP contribution in [0.1, 0.15) is 52.1 Å². The molecule has 1 aliphatic heterocycles. The number of carbonyl (C=O) groups is 1. The number of hydrogen-bond donors (Lipinski definition) is 1. The lowest BCUT2D eigenvalue weighted by molar-refractivity contribution is -0.117. The molecule has 1 aliphatic rings. The van der Waals surface area contributed by atoms with E-state index in [1.165, 1.54) is 11.3 Å². The van der Waals surface area contributed by atoms with Crippen molar-refractivity contribution >= 4 is 28.2 Å². The first-order chi connectivity index (χ1) is 13.2. The van der Waals surface area contributed by atoms with Crippen molar-refractivity contribution in [2.75, 3.05) is 42.9 Å². The number of rotatable bonds is 5. The summed E-state index contributed by atoms with van der Waals surface area (Å²) in [5.41, 5.74) is 2.65. The van der Waals surface area contributed by atoms with Gasteiger partial charge >= 0.3 is 0 Å². The molecule has 152 valence electrons. The van der Waals surface area contributed by atoms with Gasteiger partial charge in [-0.05, 0) is 0 Å². The van der Waals surface area contributed by atoms with Crippen molar-refractivity contribution in [3.05, 3.63) is 23.1 Å². The smallest absolute Gasteiger partial charge is 0.240 e. The zero-order chi connectivity index (χ0) is 20.3. The molecule has 0 spiro atoms. The largest absolute Gasteiger partial charge is 0.354 e. The Morgan fingerprint density at radius 2 is 1.93 bits per heavy atom. The van der Waals surface area contributed by atoms with Crippen molar-refractivity contribution in [3.63, 3.8) is 0 Å². The van der Waals surface area contributed by atoms with Crippen LogP contribution in [0.5, 0.6) is 0 Å². The summed E-state index contributed by atoms with van der Waals surface area (Å²) < 4.78 is 0. The number of hydrogen-bond acceptors (Lipinski definition) is 8. The summed E-state index contributed by atoms with van der Waals surface area (Å²) in [6.07, 6.45) is 0.